The summed E-state index contributed by atoms with van der Waals surface area (Å²) in [5.74, 6) is -0.755. The average Bonchev–Trinajstić information content (AvgIpc) is 3.67. The Labute approximate surface area is 313 Å². The number of carbonyl (C=O) groups is 2. The largest absolute Gasteiger partial charge is 0.497 e. The van der Waals surface area contributed by atoms with Crippen molar-refractivity contribution < 1.29 is 28.6 Å². The van der Waals surface area contributed by atoms with E-state index < -0.39 is 5.97 Å². The third-order valence-electron chi connectivity index (χ3n) is 11.3. The molecule has 2 aliphatic rings. The first-order chi connectivity index (χ1) is 25.5. The van der Waals surface area contributed by atoms with Crippen molar-refractivity contribution in [3.05, 3.63) is 135 Å². The molecule has 0 amide bonds. The maximum atomic E-state index is 13.8. The van der Waals surface area contributed by atoms with E-state index in [-0.39, 0.29) is 29.3 Å². The van der Waals surface area contributed by atoms with Crippen LogP contribution in [0.1, 0.15) is 64.1 Å². The molecule has 1 spiro atoms. The van der Waals surface area contributed by atoms with E-state index in [1.807, 2.05) is 6.07 Å². The van der Waals surface area contributed by atoms with Crippen molar-refractivity contribution in [2.24, 2.45) is 0 Å². The molecule has 8 nitrogen and oxygen atoms in total. The number of methoxy groups -OCH3 is 1. The Hall–Kier alpha value is -4.96. The lowest BCUT2D eigenvalue weighted by Crippen LogP contribution is -2.50. The molecule has 0 radical (unpaired) electrons. The quantitative estimate of drug-likeness (QED) is 0.177. The van der Waals surface area contributed by atoms with E-state index in [1.54, 1.807) is 62.6 Å². The summed E-state index contributed by atoms with van der Waals surface area (Å²) >= 11 is 5.89. The number of halogens is 2. The maximum Gasteiger partial charge on any atom is 0.307 e. The molecule has 1 aliphatic heterocycles. The first kappa shape index (κ1) is 36.4. The van der Waals surface area contributed by atoms with Gasteiger partial charge in [-0.1, -0.05) is 41.9 Å². The summed E-state index contributed by atoms with van der Waals surface area (Å²) in [7, 11) is 5.91. The van der Waals surface area contributed by atoms with Crippen LogP contribution in [0.5, 0.6) is 5.75 Å². The first-order valence-corrected chi connectivity index (χ1v) is 18.2. The van der Waals surface area contributed by atoms with Gasteiger partial charge in [-0.2, -0.15) is 0 Å². The highest BCUT2D eigenvalue weighted by molar-refractivity contribution is 6.30. The minimum atomic E-state index is -0.955. The van der Waals surface area contributed by atoms with Gasteiger partial charge < -0.3 is 19.6 Å². The molecule has 0 bridgehead atoms. The fourth-order valence-corrected chi connectivity index (χ4v) is 8.57. The minimum absolute atomic E-state index is 0.0333. The number of aliphatic carboxylic acids is 1. The molecule has 8 rings (SSSR count). The van der Waals surface area contributed by atoms with Crippen LogP contribution >= 0.6 is 11.6 Å². The number of ether oxygens (including phenoxy) is 2. The molecule has 10 heteroatoms. The summed E-state index contributed by atoms with van der Waals surface area (Å²) < 4.78 is 27.1. The molecule has 3 heterocycles. The van der Waals surface area contributed by atoms with Crippen LogP contribution in [0.15, 0.2) is 91.0 Å². The number of carboxylic acid groups (broad SMARTS) is 1. The highest BCUT2D eigenvalue weighted by Crippen LogP contribution is 2.52. The molecule has 0 unspecified atom stereocenters. The fourth-order valence-electron chi connectivity index (χ4n) is 8.44. The van der Waals surface area contributed by atoms with Crippen molar-refractivity contribution in [1.82, 2.24) is 14.5 Å². The molecule has 4 aromatic carbocycles. The summed E-state index contributed by atoms with van der Waals surface area (Å²) in [5.41, 5.74) is 6.90. The first-order valence-electron chi connectivity index (χ1n) is 17.8. The Morgan fingerprint density at radius 1 is 0.962 bits per heavy atom. The summed E-state index contributed by atoms with van der Waals surface area (Å²) in [6.45, 7) is 2.45. The molecule has 2 aromatic heterocycles. The van der Waals surface area contributed by atoms with Gasteiger partial charge >= 0.3 is 5.97 Å². The Balaban J connectivity index is 0.000000166. The van der Waals surface area contributed by atoms with Gasteiger partial charge in [0.15, 0.2) is 0 Å². The van der Waals surface area contributed by atoms with Crippen LogP contribution in [0.4, 0.5) is 4.39 Å². The van der Waals surface area contributed by atoms with Crippen LogP contribution in [0.2, 0.25) is 5.02 Å². The third-order valence-corrected chi connectivity index (χ3v) is 11.5. The van der Waals surface area contributed by atoms with Crippen LogP contribution in [0.25, 0.3) is 21.8 Å². The number of aromatic amines is 1. The lowest BCUT2D eigenvalue weighted by molar-refractivity contribution is -0.136. The second-order valence-corrected chi connectivity index (χ2v) is 14.7. The highest BCUT2D eigenvalue weighted by atomic mass is 35.5. The van der Waals surface area contributed by atoms with Crippen molar-refractivity contribution in [3.63, 3.8) is 0 Å². The second-order valence-electron chi connectivity index (χ2n) is 14.2. The zero-order valence-electron chi connectivity index (χ0n) is 30.3. The van der Waals surface area contributed by atoms with Gasteiger partial charge in [-0.15, -0.1) is 0 Å². The van der Waals surface area contributed by atoms with E-state index in [0.717, 1.165) is 43.0 Å². The molecule has 53 heavy (non-hydrogen) atoms. The Kier molecular flexibility index (Phi) is 9.93. The summed E-state index contributed by atoms with van der Waals surface area (Å²) in [5, 5.41) is 11.5. The number of hydrogen-bond donors (Lipinski definition) is 2. The summed E-state index contributed by atoms with van der Waals surface area (Å²) in [4.78, 5) is 30.2. The number of rotatable bonds is 6. The lowest BCUT2D eigenvalue weighted by atomic mass is 9.68. The van der Waals surface area contributed by atoms with Crippen molar-refractivity contribution in [1.29, 1.82) is 0 Å². The molecule has 6 aromatic rings. The molecule has 2 N–H and O–H groups in total. The summed E-state index contributed by atoms with van der Waals surface area (Å²) in [6, 6.07) is 27.8. The van der Waals surface area contributed by atoms with Gasteiger partial charge in [0.25, 0.3) is 5.91 Å². The number of carboxylic acids is 1. The molecule has 1 saturated carbocycles. The molecular formula is C43H43ClFN3O5. The number of nitrogens with zero attached hydrogens (tertiary/aromatic N) is 2. The SMILES string of the molecule is CN(C)C1(c2ccccc2)CCC2(CC1)OCCc1c2[nH]c2ccc(F)cc12.COc1ccc2c(c1)c(CC(=O)O)c(C)n2C(=O)c1ccc(Cl)cc1. The van der Waals surface area contributed by atoms with Gasteiger partial charge in [0.2, 0.25) is 0 Å². The Morgan fingerprint density at radius 2 is 1.68 bits per heavy atom. The number of carbonyl (C=O) groups excluding carboxylic acids is 1. The predicted octanol–water partition coefficient (Wildman–Crippen LogP) is 9.03. The molecule has 274 valence electrons. The number of H-pyrrole nitrogens is 1. The Bertz CT molecular complexity index is 2300. The van der Waals surface area contributed by atoms with E-state index in [2.05, 4.69) is 54.3 Å². The topological polar surface area (TPSA) is 96.8 Å². The molecule has 0 atom stereocenters. The molecular weight excluding hydrogens is 693 g/mol. The van der Waals surface area contributed by atoms with Crippen molar-refractivity contribution in [2.45, 2.75) is 56.6 Å². The van der Waals surface area contributed by atoms with Crippen LogP contribution in [-0.4, -0.2) is 59.2 Å². The highest BCUT2D eigenvalue weighted by Gasteiger charge is 2.49. The van der Waals surface area contributed by atoms with Crippen LogP contribution < -0.4 is 4.74 Å². The third kappa shape index (κ3) is 6.62. The van der Waals surface area contributed by atoms with Gasteiger partial charge in [-0.3, -0.25) is 19.1 Å². The van der Waals surface area contributed by atoms with Gasteiger partial charge in [0, 0.05) is 38.1 Å². The van der Waals surface area contributed by atoms with Crippen molar-refractivity contribution in [3.8, 4) is 5.75 Å². The van der Waals surface area contributed by atoms with E-state index in [1.165, 1.54) is 27.5 Å². The van der Waals surface area contributed by atoms with Gasteiger partial charge in [0.1, 0.15) is 17.2 Å². The van der Waals surface area contributed by atoms with E-state index in [4.69, 9.17) is 21.1 Å². The van der Waals surface area contributed by atoms with Crippen LogP contribution in [0.3, 0.4) is 0 Å². The van der Waals surface area contributed by atoms with E-state index in [9.17, 15) is 19.1 Å². The van der Waals surface area contributed by atoms with Crippen molar-refractivity contribution >= 4 is 45.3 Å². The maximum absolute atomic E-state index is 13.8. The zero-order valence-corrected chi connectivity index (χ0v) is 31.1. The smallest absolute Gasteiger partial charge is 0.307 e. The predicted molar refractivity (Wildman–Crippen MR) is 206 cm³/mol. The number of nitrogens with one attached hydrogen (secondary N) is 1. The summed E-state index contributed by atoms with van der Waals surface area (Å²) in [6.07, 6.45) is 4.67. The van der Waals surface area contributed by atoms with Crippen molar-refractivity contribution in [2.75, 3.05) is 27.8 Å². The minimum Gasteiger partial charge on any atom is -0.497 e. The molecule has 0 saturated heterocycles. The lowest BCUT2D eigenvalue weighted by Gasteiger charge is -2.50. The number of aromatic nitrogens is 2. The Morgan fingerprint density at radius 3 is 2.34 bits per heavy atom. The van der Waals surface area contributed by atoms with E-state index in [0.29, 0.717) is 45.1 Å². The van der Waals surface area contributed by atoms with Gasteiger partial charge in [-0.05, 0) is 130 Å². The van der Waals surface area contributed by atoms with Crippen LogP contribution in [0, 0.1) is 12.7 Å². The standard InChI is InChI=1S/C24H27FN2O.C19H16ClNO4/c1-27(2)23(17-6-4-3-5-7-17)11-13-24(14-12-23)22-19(10-15-28-24)20-16-18(25)8-9-21(20)26-22;1-11-15(10-18(22)23)16-9-14(25-2)7-8-17(16)21(11)19(24)12-3-5-13(20)6-4-12/h3-9,16,26H,10-15H2,1-2H3;3-9H,10H2,1-2H3,(H,22,23). The second kappa shape index (κ2) is 14.5. The van der Waals surface area contributed by atoms with Gasteiger partial charge in [-0.25, -0.2) is 4.39 Å². The number of hydrogen-bond acceptors (Lipinski definition) is 5. The zero-order chi connectivity index (χ0) is 37.5. The number of fused-ring (bicyclic) bond motifs is 5. The monoisotopic (exact) mass is 735 g/mol. The van der Waals surface area contributed by atoms with Crippen LogP contribution in [-0.2, 0) is 33.5 Å². The number of benzene rings is 4. The fraction of sp³-hybridized carbons (Fsp3) is 0.302. The van der Waals surface area contributed by atoms with E-state index >= 15 is 0 Å². The van der Waals surface area contributed by atoms with Gasteiger partial charge in [0.05, 0.1) is 31.3 Å². The molecule has 1 fully saturated rings. The normalized spacial score (nSPS) is 19.6. The molecule has 1 aliphatic carbocycles. The average molecular weight is 736 g/mol.